The first kappa shape index (κ1) is 24.4. The molecule has 0 radical (unpaired) electrons. The van der Waals surface area contributed by atoms with Crippen LogP contribution < -0.4 is 10.6 Å². The van der Waals surface area contributed by atoms with Gasteiger partial charge in [0.2, 0.25) is 6.41 Å². The Labute approximate surface area is 202 Å². The molecule has 0 bridgehead atoms. The van der Waals surface area contributed by atoms with Crippen LogP contribution in [0.1, 0.15) is 72.3 Å². The molecule has 2 N–H and O–H groups in total. The van der Waals surface area contributed by atoms with Crippen LogP contribution in [0, 0.1) is 11.7 Å². The summed E-state index contributed by atoms with van der Waals surface area (Å²) in [5.41, 5.74) is 3.14. The zero-order chi connectivity index (χ0) is 23.9. The largest absolute Gasteiger partial charge is 0.358 e. The highest BCUT2D eigenvalue weighted by Gasteiger charge is 2.28. The van der Waals surface area contributed by atoms with E-state index in [0.717, 1.165) is 50.0 Å². The van der Waals surface area contributed by atoms with Crippen molar-refractivity contribution in [3.8, 4) is 0 Å². The molecule has 0 aromatic heterocycles. The second kappa shape index (κ2) is 11.6. The summed E-state index contributed by atoms with van der Waals surface area (Å²) < 4.78 is 13.4. The number of amides is 2. The highest BCUT2D eigenvalue weighted by Crippen LogP contribution is 2.36. The normalized spacial score (nSPS) is 19.1. The van der Waals surface area contributed by atoms with Gasteiger partial charge in [0.15, 0.2) is 0 Å². The van der Waals surface area contributed by atoms with Gasteiger partial charge in [0.05, 0.1) is 0 Å². The molecule has 2 atom stereocenters. The summed E-state index contributed by atoms with van der Waals surface area (Å²) in [4.78, 5) is 26.0. The average Bonchev–Trinajstić information content (AvgIpc) is 2.80. The number of likely N-dealkylation sites (tertiary alicyclic amines) is 1. The number of rotatable bonds is 10. The molecule has 1 aliphatic carbocycles. The lowest BCUT2D eigenvalue weighted by molar-refractivity contribution is -0.109. The molecular weight excluding hydrogens is 429 g/mol. The van der Waals surface area contributed by atoms with Crippen molar-refractivity contribution in [1.29, 1.82) is 0 Å². The SMILES string of the molecule is C[C@@H](CN1CCC([C@@H](CNC=O)c2ccc(F)cc2)CC1)NC(=O)c1ccc(C2CCC2)cc1. The van der Waals surface area contributed by atoms with E-state index in [1.165, 1.54) is 37.0 Å². The Bertz CT molecular complexity index is 935. The molecule has 2 aliphatic rings. The van der Waals surface area contributed by atoms with E-state index in [0.29, 0.717) is 18.4 Å². The minimum Gasteiger partial charge on any atom is -0.358 e. The average molecular weight is 466 g/mol. The quantitative estimate of drug-likeness (QED) is 0.510. The summed E-state index contributed by atoms with van der Waals surface area (Å²) in [7, 11) is 0. The smallest absolute Gasteiger partial charge is 0.251 e. The number of benzene rings is 2. The summed E-state index contributed by atoms with van der Waals surface area (Å²) in [6.45, 7) is 5.32. The van der Waals surface area contributed by atoms with Crippen molar-refractivity contribution in [2.24, 2.45) is 5.92 Å². The van der Waals surface area contributed by atoms with Crippen LogP contribution in [0.2, 0.25) is 0 Å². The molecule has 6 heteroatoms. The molecule has 34 heavy (non-hydrogen) atoms. The molecule has 2 fully saturated rings. The Morgan fingerprint density at radius 1 is 1.06 bits per heavy atom. The summed E-state index contributed by atoms with van der Waals surface area (Å²) in [5, 5.41) is 5.97. The summed E-state index contributed by atoms with van der Waals surface area (Å²) in [6.07, 6.45) is 6.58. The first-order chi connectivity index (χ1) is 16.5. The van der Waals surface area contributed by atoms with E-state index in [2.05, 4.69) is 34.6 Å². The van der Waals surface area contributed by atoms with Gasteiger partial charge in [0.1, 0.15) is 5.82 Å². The molecule has 1 heterocycles. The molecule has 5 nitrogen and oxygen atoms in total. The Balaban J connectivity index is 1.25. The predicted octanol–water partition coefficient (Wildman–Crippen LogP) is 4.45. The second-order valence-corrected chi connectivity index (χ2v) is 9.95. The standard InChI is InChI=1S/C28H36FN3O2/c1-20(31-28(34)25-7-5-22(6-8-25)21-3-2-4-21)18-32-15-13-24(14-16-32)27(17-30-19-33)23-9-11-26(29)12-10-23/h5-12,19-21,24,27H,2-4,13-18H2,1H3,(H,30,33)(H,31,34)/t20-,27-/m0/s1. The van der Waals surface area contributed by atoms with Gasteiger partial charge in [-0.3, -0.25) is 9.59 Å². The summed E-state index contributed by atoms with van der Waals surface area (Å²) in [5.74, 6) is 1.02. The van der Waals surface area contributed by atoms with Gasteiger partial charge in [-0.05, 0) is 92.9 Å². The van der Waals surface area contributed by atoms with Gasteiger partial charge in [-0.1, -0.05) is 30.7 Å². The maximum Gasteiger partial charge on any atom is 0.251 e. The molecule has 1 saturated carbocycles. The molecular formula is C28H36FN3O2. The fourth-order valence-corrected chi connectivity index (χ4v) is 5.37. The monoisotopic (exact) mass is 465 g/mol. The number of carbonyl (C=O) groups is 2. The van der Waals surface area contributed by atoms with Crippen LogP contribution in [0.25, 0.3) is 0 Å². The van der Waals surface area contributed by atoms with Crippen LogP contribution in [-0.4, -0.2) is 49.4 Å². The number of halogens is 1. The molecule has 4 rings (SSSR count). The minimum absolute atomic E-state index is 0.0149. The lowest BCUT2D eigenvalue weighted by atomic mass is 9.80. The molecule has 2 aromatic rings. The Morgan fingerprint density at radius 3 is 2.32 bits per heavy atom. The van der Waals surface area contributed by atoms with E-state index in [-0.39, 0.29) is 23.7 Å². The first-order valence-electron chi connectivity index (χ1n) is 12.6. The van der Waals surface area contributed by atoms with Crippen LogP contribution in [-0.2, 0) is 4.79 Å². The van der Waals surface area contributed by atoms with Crippen LogP contribution >= 0.6 is 0 Å². The molecule has 0 unspecified atom stereocenters. The Morgan fingerprint density at radius 2 is 1.74 bits per heavy atom. The van der Waals surface area contributed by atoms with Crippen molar-refractivity contribution in [3.05, 3.63) is 71.0 Å². The fourth-order valence-electron chi connectivity index (χ4n) is 5.37. The van der Waals surface area contributed by atoms with Crippen LogP contribution in [0.3, 0.4) is 0 Å². The number of hydrogen-bond acceptors (Lipinski definition) is 3. The van der Waals surface area contributed by atoms with E-state index >= 15 is 0 Å². The lowest BCUT2D eigenvalue weighted by Gasteiger charge is -2.37. The number of nitrogens with one attached hydrogen (secondary N) is 2. The third kappa shape index (κ3) is 6.23. The fraction of sp³-hybridized carbons (Fsp3) is 0.500. The third-order valence-electron chi connectivity index (χ3n) is 7.58. The van der Waals surface area contributed by atoms with Gasteiger partial charge in [0.25, 0.3) is 5.91 Å². The molecule has 1 saturated heterocycles. The second-order valence-electron chi connectivity index (χ2n) is 9.95. The summed E-state index contributed by atoms with van der Waals surface area (Å²) >= 11 is 0. The zero-order valence-electron chi connectivity index (χ0n) is 20.0. The lowest BCUT2D eigenvalue weighted by Crippen LogP contribution is -2.45. The zero-order valence-corrected chi connectivity index (χ0v) is 20.0. The van der Waals surface area contributed by atoms with Gasteiger partial charge in [-0.2, -0.15) is 0 Å². The van der Waals surface area contributed by atoms with Crippen molar-refractivity contribution in [1.82, 2.24) is 15.5 Å². The van der Waals surface area contributed by atoms with Gasteiger partial charge in [-0.25, -0.2) is 4.39 Å². The van der Waals surface area contributed by atoms with Crippen LogP contribution in [0.5, 0.6) is 0 Å². The van der Waals surface area contributed by atoms with Crippen molar-refractivity contribution < 1.29 is 14.0 Å². The summed E-state index contributed by atoms with van der Waals surface area (Å²) in [6, 6.07) is 14.8. The molecule has 2 amide bonds. The molecule has 0 spiro atoms. The first-order valence-corrected chi connectivity index (χ1v) is 12.6. The Hall–Kier alpha value is -2.73. The Kier molecular flexibility index (Phi) is 8.33. The van der Waals surface area contributed by atoms with Crippen molar-refractivity contribution in [3.63, 3.8) is 0 Å². The van der Waals surface area contributed by atoms with Crippen molar-refractivity contribution in [2.45, 2.75) is 56.9 Å². The number of nitrogens with zero attached hydrogens (tertiary/aromatic N) is 1. The van der Waals surface area contributed by atoms with Crippen molar-refractivity contribution in [2.75, 3.05) is 26.2 Å². The highest BCUT2D eigenvalue weighted by molar-refractivity contribution is 5.94. The van der Waals surface area contributed by atoms with Crippen LogP contribution in [0.4, 0.5) is 4.39 Å². The molecule has 1 aliphatic heterocycles. The van der Waals surface area contributed by atoms with E-state index in [1.54, 1.807) is 0 Å². The van der Waals surface area contributed by atoms with E-state index in [9.17, 15) is 14.0 Å². The van der Waals surface area contributed by atoms with E-state index in [4.69, 9.17) is 0 Å². The number of piperidine rings is 1. The van der Waals surface area contributed by atoms with Gasteiger partial charge >= 0.3 is 0 Å². The number of carbonyl (C=O) groups excluding carboxylic acids is 2. The molecule has 2 aromatic carbocycles. The van der Waals surface area contributed by atoms with Gasteiger partial charge in [-0.15, -0.1) is 0 Å². The number of hydrogen-bond donors (Lipinski definition) is 2. The maximum absolute atomic E-state index is 13.4. The van der Waals surface area contributed by atoms with Crippen molar-refractivity contribution >= 4 is 12.3 Å². The van der Waals surface area contributed by atoms with Crippen LogP contribution in [0.15, 0.2) is 48.5 Å². The highest BCUT2D eigenvalue weighted by atomic mass is 19.1. The van der Waals surface area contributed by atoms with Gasteiger partial charge < -0.3 is 15.5 Å². The third-order valence-corrected chi connectivity index (χ3v) is 7.58. The van der Waals surface area contributed by atoms with E-state index in [1.807, 2.05) is 24.3 Å². The van der Waals surface area contributed by atoms with Gasteiger partial charge in [0, 0.05) is 30.6 Å². The minimum atomic E-state index is -0.244. The predicted molar refractivity (Wildman–Crippen MR) is 132 cm³/mol. The maximum atomic E-state index is 13.4. The topological polar surface area (TPSA) is 61.4 Å². The van der Waals surface area contributed by atoms with E-state index < -0.39 is 0 Å². The molecule has 182 valence electrons.